The zero-order valence-corrected chi connectivity index (χ0v) is 16.9. The number of amides is 1. The molecule has 0 radical (unpaired) electrons. The predicted molar refractivity (Wildman–Crippen MR) is 113 cm³/mol. The maximum Gasteiger partial charge on any atom is 0.221 e. The van der Waals surface area contributed by atoms with Gasteiger partial charge in [0, 0.05) is 44.3 Å². The number of aliphatic imine (C=N–C) groups is 1. The number of nitrogens with zero attached hydrogens (tertiary/aromatic N) is 2. The molecule has 2 N–H and O–H groups in total. The van der Waals surface area contributed by atoms with Gasteiger partial charge in [-0.2, -0.15) is 0 Å². The second-order valence-corrected chi connectivity index (χ2v) is 6.79. The maximum atomic E-state index is 11.1. The highest BCUT2D eigenvalue weighted by molar-refractivity contribution is 6.30. The normalized spacial score (nSPS) is 11.2. The van der Waals surface area contributed by atoms with E-state index in [1.54, 1.807) is 0 Å². The number of carbonyl (C=O) groups is 1. The Bertz CT molecular complexity index is 774. The molecule has 1 amide bonds. The van der Waals surface area contributed by atoms with E-state index in [2.05, 4.69) is 28.5 Å². The molecule has 0 saturated heterocycles. The average Bonchev–Trinajstić information content (AvgIpc) is 2.62. The standard InChI is InChI=1S/C21H27ClN4O/c1-4-23-21(26(3)15-18-6-5-7-19(22)14-18)24-13-12-17-8-10-20(11-9-17)25-16(2)27/h5-11,14H,4,12-13,15H2,1-3H3,(H,23,24)(H,25,27). The van der Waals surface area contributed by atoms with Gasteiger partial charge in [-0.15, -0.1) is 0 Å². The Hall–Kier alpha value is -2.53. The fourth-order valence-corrected chi connectivity index (χ4v) is 2.92. The van der Waals surface area contributed by atoms with Gasteiger partial charge in [-0.3, -0.25) is 9.79 Å². The van der Waals surface area contributed by atoms with E-state index in [1.807, 2.05) is 49.5 Å². The van der Waals surface area contributed by atoms with Gasteiger partial charge in [0.15, 0.2) is 5.96 Å². The molecule has 0 spiro atoms. The monoisotopic (exact) mass is 386 g/mol. The smallest absolute Gasteiger partial charge is 0.221 e. The van der Waals surface area contributed by atoms with Crippen molar-refractivity contribution < 1.29 is 4.79 Å². The van der Waals surface area contributed by atoms with Crippen LogP contribution in [0.15, 0.2) is 53.5 Å². The molecule has 0 aliphatic rings. The number of guanidine groups is 1. The van der Waals surface area contributed by atoms with Crippen LogP contribution >= 0.6 is 11.6 Å². The first kappa shape index (κ1) is 20.8. The topological polar surface area (TPSA) is 56.7 Å². The fourth-order valence-electron chi connectivity index (χ4n) is 2.70. The van der Waals surface area contributed by atoms with Gasteiger partial charge in [0.25, 0.3) is 0 Å². The van der Waals surface area contributed by atoms with Crippen molar-refractivity contribution in [3.05, 3.63) is 64.7 Å². The van der Waals surface area contributed by atoms with Crippen molar-refractivity contribution in [2.24, 2.45) is 4.99 Å². The van der Waals surface area contributed by atoms with Crippen LogP contribution in [0.5, 0.6) is 0 Å². The molecule has 2 aromatic carbocycles. The van der Waals surface area contributed by atoms with Crippen molar-refractivity contribution in [1.82, 2.24) is 10.2 Å². The van der Waals surface area contributed by atoms with Crippen LogP contribution in [0.4, 0.5) is 5.69 Å². The van der Waals surface area contributed by atoms with E-state index in [1.165, 1.54) is 12.5 Å². The molecule has 0 atom stereocenters. The van der Waals surface area contributed by atoms with Crippen molar-refractivity contribution in [2.75, 3.05) is 25.5 Å². The molecule has 0 aliphatic heterocycles. The van der Waals surface area contributed by atoms with Gasteiger partial charge in [0.2, 0.25) is 5.91 Å². The number of anilines is 1. The van der Waals surface area contributed by atoms with Crippen LogP contribution in [0.1, 0.15) is 25.0 Å². The molecule has 144 valence electrons. The van der Waals surface area contributed by atoms with E-state index in [0.717, 1.165) is 41.7 Å². The fraction of sp³-hybridized carbons (Fsp3) is 0.333. The van der Waals surface area contributed by atoms with Gasteiger partial charge >= 0.3 is 0 Å². The van der Waals surface area contributed by atoms with Gasteiger partial charge in [0.1, 0.15) is 0 Å². The second-order valence-electron chi connectivity index (χ2n) is 6.35. The van der Waals surface area contributed by atoms with Gasteiger partial charge in [-0.1, -0.05) is 35.9 Å². The lowest BCUT2D eigenvalue weighted by molar-refractivity contribution is -0.114. The molecular formula is C21H27ClN4O. The van der Waals surface area contributed by atoms with Gasteiger partial charge in [-0.25, -0.2) is 0 Å². The summed E-state index contributed by atoms with van der Waals surface area (Å²) in [5.74, 6) is 0.803. The first-order chi connectivity index (χ1) is 13.0. The van der Waals surface area contributed by atoms with Crippen molar-refractivity contribution >= 4 is 29.2 Å². The van der Waals surface area contributed by atoms with E-state index in [4.69, 9.17) is 16.6 Å². The third kappa shape index (κ3) is 7.31. The molecule has 2 aromatic rings. The Morgan fingerprint density at radius 3 is 2.52 bits per heavy atom. The van der Waals surface area contributed by atoms with Crippen molar-refractivity contribution in [3.8, 4) is 0 Å². The minimum atomic E-state index is -0.0645. The molecule has 2 rings (SSSR count). The Morgan fingerprint density at radius 2 is 1.89 bits per heavy atom. The molecule has 0 aliphatic carbocycles. The minimum absolute atomic E-state index is 0.0645. The first-order valence-electron chi connectivity index (χ1n) is 9.08. The first-order valence-corrected chi connectivity index (χ1v) is 9.46. The summed E-state index contributed by atoms with van der Waals surface area (Å²) in [6, 6.07) is 15.7. The predicted octanol–water partition coefficient (Wildman–Crippen LogP) is 3.94. The number of carbonyl (C=O) groups excluding carboxylic acids is 1. The van der Waals surface area contributed by atoms with Crippen LogP contribution < -0.4 is 10.6 Å². The van der Waals surface area contributed by atoms with E-state index in [-0.39, 0.29) is 5.91 Å². The number of hydrogen-bond acceptors (Lipinski definition) is 2. The molecule has 0 fully saturated rings. The Labute approximate surface area is 166 Å². The van der Waals surface area contributed by atoms with Crippen LogP contribution in [-0.2, 0) is 17.8 Å². The highest BCUT2D eigenvalue weighted by Crippen LogP contribution is 2.13. The van der Waals surface area contributed by atoms with Crippen molar-refractivity contribution in [2.45, 2.75) is 26.8 Å². The Kier molecular flexibility index (Phi) is 8.14. The van der Waals surface area contributed by atoms with Crippen molar-refractivity contribution in [1.29, 1.82) is 0 Å². The number of benzene rings is 2. The molecule has 6 heteroatoms. The molecule has 27 heavy (non-hydrogen) atoms. The zero-order chi connectivity index (χ0) is 19.6. The minimum Gasteiger partial charge on any atom is -0.357 e. The summed E-state index contributed by atoms with van der Waals surface area (Å²) in [4.78, 5) is 17.9. The van der Waals surface area contributed by atoms with Crippen molar-refractivity contribution in [3.63, 3.8) is 0 Å². The molecule has 0 aromatic heterocycles. The summed E-state index contributed by atoms with van der Waals surface area (Å²) in [6.45, 7) is 5.79. The molecular weight excluding hydrogens is 360 g/mol. The number of hydrogen-bond donors (Lipinski definition) is 2. The lowest BCUT2D eigenvalue weighted by Gasteiger charge is -2.22. The van der Waals surface area contributed by atoms with E-state index in [9.17, 15) is 4.79 Å². The van der Waals surface area contributed by atoms with Crippen LogP contribution in [0.2, 0.25) is 5.02 Å². The van der Waals surface area contributed by atoms with E-state index < -0.39 is 0 Å². The highest BCUT2D eigenvalue weighted by Gasteiger charge is 2.07. The molecule has 0 saturated carbocycles. The summed E-state index contributed by atoms with van der Waals surface area (Å²) in [6.07, 6.45) is 0.834. The summed E-state index contributed by atoms with van der Waals surface area (Å²) in [5, 5.41) is 6.84. The third-order valence-electron chi connectivity index (χ3n) is 3.94. The summed E-state index contributed by atoms with van der Waals surface area (Å²) in [5.41, 5.74) is 3.13. The van der Waals surface area contributed by atoms with Crippen LogP contribution in [0.25, 0.3) is 0 Å². The second kappa shape index (κ2) is 10.6. The van der Waals surface area contributed by atoms with E-state index >= 15 is 0 Å². The van der Waals surface area contributed by atoms with E-state index in [0.29, 0.717) is 6.54 Å². The molecule has 5 nitrogen and oxygen atoms in total. The lowest BCUT2D eigenvalue weighted by atomic mass is 10.1. The Morgan fingerprint density at radius 1 is 1.15 bits per heavy atom. The lowest BCUT2D eigenvalue weighted by Crippen LogP contribution is -2.38. The van der Waals surface area contributed by atoms with Crippen LogP contribution in [0.3, 0.4) is 0 Å². The van der Waals surface area contributed by atoms with Crippen LogP contribution in [0, 0.1) is 0 Å². The number of nitrogens with one attached hydrogen (secondary N) is 2. The van der Waals surface area contributed by atoms with Crippen LogP contribution in [-0.4, -0.2) is 36.9 Å². The third-order valence-corrected chi connectivity index (χ3v) is 4.18. The SMILES string of the molecule is CCNC(=NCCc1ccc(NC(C)=O)cc1)N(C)Cc1cccc(Cl)c1. The summed E-state index contributed by atoms with van der Waals surface area (Å²) >= 11 is 6.07. The van der Waals surface area contributed by atoms with Gasteiger partial charge in [0.05, 0.1) is 0 Å². The number of halogens is 1. The highest BCUT2D eigenvalue weighted by atomic mass is 35.5. The zero-order valence-electron chi connectivity index (χ0n) is 16.1. The molecule has 0 heterocycles. The number of rotatable bonds is 7. The summed E-state index contributed by atoms with van der Waals surface area (Å²) in [7, 11) is 2.02. The molecule has 0 unspecified atom stereocenters. The van der Waals surface area contributed by atoms with Gasteiger partial charge in [-0.05, 0) is 48.7 Å². The maximum absolute atomic E-state index is 11.1. The van der Waals surface area contributed by atoms with Gasteiger partial charge < -0.3 is 15.5 Å². The summed E-state index contributed by atoms with van der Waals surface area (Å²) < 4.78 is 0. The molecule has 0 bridgehead atoms. The quantitative estimate of drug-likeness (QED) is 0.559. The largest absolute Gasteiger partial charge is 0.357 e. The Balaban J connectivity index is 1.94. The average molecular weight is 387 g/mol.